The molecule has 2 atom stereocenters. The fourth-order valence-corrected chi connectivity index (χ4v) is 4.58. The van der Waals surface area contributed by atoms with Gasteiger partial charge in [-0.1, -0.05) is 24.3 Å². The number of methoxy groups -OCH3 is 1. The maximum absolute atomic E-state index is 12.3. The summed E-state index contributed by atoms with van der Waals surface area (Å²) in [4.78, 5) is 13.9. The summed E-state index contributed by atoms with van der Waals surface area (Å²) in [6.07, 6.45) is 6.36. The Kier molecular flexibility index (Phi) is 6.04. The van der Waals surface area contributed by atoms with Crippen LogP contribution in [0.2, 0.25) is 0 Å². The molecular formula is C19H26N4O4S. The third-order valence-corrected chi connectivity index (χ3v) is 5.69. The number of carbonyl (C=O) groups excluding carboxylic acids is 1. The van der Waals surface area contributed by atoms with Gasteiger partial charge in [-0.2, -0.15) is 5.10 Å². The number of benzene rings is 1. The third-order valence-electron chi connectivity index (χ3n) is 4.96. The van der Waals surface area contributed by atoms with Crippen LogP contribution in [0.1, 0.15) is 18.4 Å². The van der Waals surface area contributed by atoms with Gasteiger partial charge in [0.1, 0.15) is 0 Å². The van der Waals surface area contributed by atoms with Gasteiger partial charge in [0.05, 0.1) is 25.6 Å². The zero-order valence-corrected chi connectivity index (χ0v) is 17.1. The lowest BCUT2D eigenvalue weighted by molar-refractivity contribution is 0.0792. The molecule has 0 spiro atoms. The molecule has 3 rings (SSSR count). The zero-order valence-electron chi connectivity index (χ0n) is 16.3. The van der Waals surface area contributed by atoms with Crippen LogP contribution < -0.4 is 4.72 Å². The van der Waals surface area contributed by atoms with Gasteiger partial charge in [-0.3, -0.25) is 4.68 Å². The van der Waals surface area contributed by atoms with E-state index in [1.807, 2.05) is 31.4 Å². The normalized spacial score (nSPS) is 20.2. The van der Waals surface area contributed by atoms with E-state index in [0.717, 1.165) is 22.9 Å². The molecule has 1 aromatic carbocycles. The Labute approximate surface area is 165 Å². The minimum atomic E-state index is -3.39. The van der Waals surface area contributed by atoms with Gasteiger partial charge in [0, 0.05) is 31.4 Å². The first-order valence-corrected chi connectivity index (χ1v) is 11.1. The summed E-state index contributed by atoms with van der Waals surface area (Å²) in [6.45, 7) is 0.543. The van der Waals surface area contributed by atoms with Crippen molar-refractivity contribution >= 4 is 16.1 Å². The van der Waals surface area contributed by atoms with Crippen molar-refractivity contribution < 1.29 is 17.9 Å². The fraction of sp³-hybridized carbons (Fsp3) is 0.474. The summed E-state index contributed by atoms with van der Waals surface area (Å²) < 4.78 is 33.0. The number of ether oxygens (including phenoxy) is 1. The van der Waals surface area contributed by atoms with Crippen molar-refractivity contribution in [3.8, 4) is 11.1 Å². The van der Waals surface area contributed by atoms with E-state index in [-0.39, 0.29) is 12.1 Å². The average Bonchev–Trinajstić information content (AvgIpc) is 3.08. The number of piperidine rings is 1. The molecule has 28 heavy (non-hydrogen) atoms. The van der Waals surface area contributed by atoms with Gasteiger partial charge >= 0.3 is 6.09 Å². The van der Waals surface area contributed by atoms with Crippen LogP contribution in [0.4, 0.5) is 4.79 Å². The van der Waals surface area contributed by atoms with E-state index in [1.54, 1.807) is 15.8 Å². The molecule has 0 radical (unpaired) electrons. The van der Waals surface area contributed by atoms with Crippen LogP contribution in [0, 0.1) is 0 Å². The Morgan fingerprint density at radius 3 is 2.79 bits per heavy atom. The highest BCUT2D eigenvalue weighted by molar-refractivity contribution is 7.88. The van der Waals surface area contributed by atoms with E-state index in [9.17, 15) is 13.2 Å². The van der Waals surface area contributed by atoms with Crippen molar-refractivity contribution in [2.24, 2.45) is 7.05 Å². The quantitative estimate of drug-likeness (QED) is 0.817. The number of aromatic nitrogens is 2. The van der Waals surface area contributed by atoms with E-state index in [1.165, 1.54) is 7.11 Å². The third kappa shape index (κ3) is 4.90. The maximum atomic E-state index is 12.3. The lowest BCUT2D eigenvalue weighted by Crippen LogP contribution is -2.57. The molecule has 1 amide bonds. The van der Waals surface area contributed by atoms with Crippen LogP contribution >= 0.6 is 0 Å². The van der Waals surface area contributed by atoms with E-state index in [2.05, 4.69) is 15.9 Å². The topological polar surface area (TPSA) is 93.5 Å². The molecular weight excluding hydrogens is 380 g/mol. The molecule has 1 fully saturated rings. The summed E-state index contributed by atoms with van der Waals surface area (Å²) in [6, 6.07) is 7.33. The summed E-state index contributed by atoms with van der Waals surface area (Å²) in [5.74, 6) is 0. The van der Waals surface area contributed by atoms with Crippen molar-refractivity contribution in [2.45, 2.75) is 31.3 Å². The lowest BCUT2D eigenvalue weighted by atomic mass is 9.91. The maximum Gasteiger partial charge on any atom is 0.409 e. The van der Waals surface area contributed by atoms with Crippen molar-refractivity contribution in [2.75, 3.05) is 19.9 Å². The molecule has 0 bridgehead atoms. The molecule has 8 nitrogen and oxygen atoms in total. The van der Waals surface area contributed by atoms with Crippen molar-refractivity contribution in [3.63, 3.8) is 0 Å². The monoisotopic (exact) mass is 406 g/mol. The van der Waals surface area contributed by atoms with Crippen LogP contribution in [0.25, 0.3) is 11.1 Å². The summed E-state index contributed by atoms with van der Waals surface area (Å²) in [7, 11) is -0.184. The molecule has 1 aliphatic heterocycles. The highest BCUT2D eigenvalue weighted by atomic mass is 32.2. The first-order chi connectivity index (χ1) is 13.3. The molecule has 1 aliphatic rings. The van der Waals surface area contributed by atoms with Crippen molar-refractivity contribution in [1.29, 1.82) is 0 Å². The number of hydrogen-bond acceptors (Lipinski definition) is 5. The Hall–Kier alpha value is -2.39. The van der Waals surface area contributed by atoms with Gasteiger partial charge in [-0.05, 0) is 30.4 Å². The molecule has 152 valence electrons. The van der Waals surface area contributed by atoms with Gasteiger partial charge in [0.25, 0.3) is 0 Å². The summed E-state index contributed by atoms with van der Waals surface area (Å²) >= 11 is 0. The van der Waals surface area contributed by atoms with E-state index in [4.69, 9.17) is 4.74 Å². The molecule has 0 unspecified atom stereocenters. The molecule has 0 aliphatic carbocycles. The van der Waals surface area contributed by atoms with E-state index >= 15 is 0 Å². The second-order valence-corrected chi connectivity index (χ2v) is 8.96. The summed E-state index contributed by atoms with van der Waals surface area (Å²) in [5, 5.41) is 4.21. The molecule has 2 heterocycles. The van der Waals surface area contributed by atoms with Crippen LogP contribution in [-0.4, -0.2) is 61.2 Å². The molecule has 2 aromatic rings. The molecule has 1 aromatic heterocycles. The molecule has 1 N–H and O–H groups in total. The number of sulfonamides is 1. The highest BCUT2D eigenvalue weighted by Crippen LogP contribution is 2.25. The minimum Gasteiger partial charge on any atom is -0.453 e. The Morgan fingerprint density at radius 1 is 1.36 bits per heavy atom. The van der Waals surface area contributed by atoms with Crippen molar-refractivity contribution in [3.05, 3.63) is 42.2 Å². The van der Waals surface area contributed by atoms with Gasteiger partial charge in [-0.25, -0.2) is 17.9 Å². The largest absolute Gasteiger partial charge is 0.453 e. The van der Waals surface area contributed by atoms with E-state index < -0.39 is 16.1 Å². The minimum absolute atomic E-state index is 0.319. The Morgan fingerprint density at radius 2 is 2.14 bits per heavy atom. The number of carbonyl (C=O) groups is 1. The lowest BCUT2D eigenvalue weighted by Gasteiger charge is -2.40. The zero-order chi connectivity index (χ0) is 20.3. The second kappa shape index (κ2) is 8.32. The number of nitrogens with zero attached hydrogens (tertiary/aromatic N) is 3. The van der Waals surface area contributed by atoms with Crippen molar-refractivity contribution in [1.82, 2.24) is 19.4 Å². The highest BCUT2D eigenvalue weighted by Gasteiger charge is 2.36. The van der Waals surface area contributed by atoms with Crippen LogP contribution in [0.15, 0.2) is 36.7 Å². The first-order valence-electron chi connectivity index (χ1n) is 9.16. The van der Waals surface area contributed by atoms with Gasteiger partial charge in [0.15, 0.2) is 0 Å². The number of nitrogens with one attached hydrogen (secondary N) is 1. The number of likely N-dealkylation sites (tertiary alicyclic amines) is 1. The standard InChI is InChI=1S/C19H26N4O4S/c1-22-13-16(12-20-22)15-7-4-6-14(10-15)11-18-17(21-28(3,25)26)8-5-9-23(18)19(24)27-2/h4,6-7,10,12-13,17-18,21H,5,8-9,11H2,1-3H3/t17-,18-/m0/s1. The number of rotatable bonds is 5. The molecule has 9 heteroatoms. The number of amides is 1. The average molecular weight is 407 g/mol. The Bertz CT molecular complexity index is 941. The number of hydrogen-bond donors (Lipinski definition) is 1. The molecule has 1 saturated heterocycles. The van der Waals surface area contributed by atoms with Crippen LogP contribution in [-0.2, 0) is 28.2 Å². The predicted octanol–water partition coefficient (Wildman–Crippen LogP) is 1.78. The fourth-order valence-electron chi connectivity index (χ4n) is 3.76. The van der Waals surface area contributed by atoms with E-state index in [0.29, 0.717) is 25.8 Å². The van der Waals surface area contributed by atoms with Gasteiger partial charge in [-0.15, -0.1) is 0 Å². The first kappa shape index (κ1) is 20.3. The Balaban J connectivity index is 1.89. The van der Waals surface area contributed by atoms with Crippen LogP contribution in [0.5, 0.6) is 0 Å². The SMILES string of the molecule is COC(=O)N1CCC[C@H](NS(C)(=O)=O)[C@@H]1Cc1cccc(-c2cnn(C)c2)c1. The second-order valence-electron chi connectivity index (χ2n) is 7.18. The smallest absolute Gasteiger partial charge is 0.409 e. The number of aryl methyl sites for hydroxylation is 1. The van der Waals surface area contributed by atoms with Gasteiger partial charge in [0.2, 0.25) is 10.0 Å². The summed E-state index contributed by atoms with van der Waals surface area (Å²) in [5.41, 5.74) is 3.05. The van der Waals surface area contributed by atoms with Gasteiger partial charge < -0.3 is 9.64 Å². The van der Waals surface area contributed by atoms with Crippen LogP contribution in [0.3, 0.4) is 0 Å². The predicted molar refractivity (Wildman–Crippen MR) is 106 cm³/mol. The molecule has 0 saturated carbocycles.